The van der Waals surface area contributed by atoms with Crippen LogP contribution in [0.1, 0.15) is 23.7 Å². The van der Waals surface area contributed by atoms with Crippen molar-refractivity contribution in [2.45, 2.75) is 19.4 Å². The fraction of sp³-hybridized carbons (Fsp3) is 0.462. The van der Waals surface area contributed by atoms with E-state index >= 15 is 0 Å². The third-order valence-corrected chi connectivity index (χ3v) is 5.42. The highest BCUT2D eigenvalue weighted by Crippen LogP contribution is 2.30. The molecule has 1 aliphatic rings. The largest absolute Gasteiger partial charge is 0.447 e. The Bertz CT molecular complexity index is 761. The van der Waals surface area contributed by atoms with Crippen molar-refractivity contribution in [3.05, 3.63) is 22.5 Å². The Balaban J connectivity index is 2.20. The molecule has 7 nitrogen and oxygen atoms in total. The number of hydrogen-bond donors (Lipinski definition) is 0. The monoisotopic (exact) mass is 343 g/mol. The molecular formula is C13H14ClN3O4S. The number of esters is 1. The Morgan fingerprint density at radius 3 is 2.95 bits per heavy atom. The van der Waals surface area contributed by atoms with Gasteiger partial charge in [0.1, 0.15) is 11.2 Å². The van der Waals surface area contributed by atoms with Crippen molar-refractivity contribution in [3.63, 3.8) is 0 Å². The van der Waals surface area contributed by atoms with Gasteiger partial charge in [-0.15, -0.1) is 0 Å². The van der Waals surface area contributed by atoms with Crippen LogP contribution in [0.4, 0.5) is 0 Å². The Morgan fingerprint density at radius 2 is 2.36 bits per heavy atom. The number of carbonyl (C=O) groups excluding carboxylic acids is 1. The molecule has 1 aliphatic heterocycles. The van der Waals surface area contributed by atoms with Crippen LogP contribution in [0.15, 0.2) is 6.08 Å². The maximum absolute atomic E-state index is 11.5. The van der Waals surface area contributed by atoms with Crippen molar-refractivity contribution in [2.75, 3.05) is 18.1 Å². The summed E-state index contributed by atoms with van der Waals surface area (Å²) >= 11 is 6.24. The molecule has 118 valence electrons. The minimum atomic E-state index is -3.04. The van der Waals surface area contributed by atoms with Crippen molar-refractivity contribution in [1.82, 2.24) is 9.78 Å². The number of ether oxygens (including phenoxy) is 1. The van der Waals surface area contributed by atoms with Gasteiger partial charge in [0.25, 0.3) is 0 Å². The minimum absolute atomic E-state index is 0.0151. The molecule has 1 atom stereocenters. The smallest absolute Gasteiger partial charge is 0.331 e. The number of rotatable bonds is 4. The summed E-state index contributed by atoms with van der Waals surface area (Å²) in [5.74, 6) is -0.520. The van der Waals surface area contributed by atoms with Crippen LogP contribution in [0.25, 0.3) is 6.08 Å². The van der Waals surface area contributed by atoms with Crippen LogP contribution < -0.4 is 0 Å². The molecule has 9 heteroatoms. The molecule has 0 bridgehead atoms. The summed E-state index contributed by atoms with van der Waals surface area (Å²) in [6.45, 7) is 1.39. The zero-order chi connectivity index (χ0) is 16.3. The van der Waals surface area contributed by atoms with Gasteiger partial charge in [-0.1, -0.05) is 11.6 Å². The molecule has 0 aromatic carbocycles. The molecule has 0 aliphatic carbocycles. The number of aromatic nitrogens is 2. The summed E-state index contributed by atoms with van der Waals surface area (Å²) < 4.78 is 29.2. The molecule has 1 saturated heterocycles. The molecule has 0 radical (unpaired) electrons. The fourth-order valence-electron chi connectivity index (χ4n) is 2.23. The van der Waals surface area contributed by atoms with E-state index in [-0.39, 0.29) is 29.3 Å². The van der Waals surface area contributed by atoms with Crippen molar-refractivity contribution < 1.29 is 17.9 Å². The van der Waals surface area contributed by atoms with Crippen LogP contribution in [-0.4, -0.2) is 42.3 Å². The van der Waals surface area contributed by atoms with Gasteiger partial charge in [-0.2, -0.15) is 10.4 Å². The number of nitrogens with zero attached hydrogens (tertiary/aromatic N) is 3. The molecule has 0 amide bonds. The van der Waals surface area contributed by atoms with Gasteiger partial charge < -0.3 is 4.74 Å². The zero-order valence-electron chi connectivity index (χ0n) is 11.8. The van der Waals surface area contributed by atoms with Gasteiger partial charge in [0.05, 0.1) is 23.2 Å². The summed E-state index contributed by atoms with van der Waals surface area (Å²) in [5, 5.41) is 12.9. The summed E-state index contributed by atoms with van der Waals surface area (Å²) in [6, 6.07) is 1.40. The highest BCUT2D eigenvalue weighted by Gasteiger charge is 2.31. The van der Waals surface area contributed by atoms with Crippen molar-refractivity contribution in [2.24, 2.45) is 0 Å². The summed E-state index contributed by atoms with van der Waals surface area (Å²) in [4.78, 5) is 11.3. The van der Waals surface area contributed by atoms with E-state index in [0.29, 0.717) is 17.7 Å². The lowest BCUT2D eigenvalue weighted by molar-refractivity contribution is -0.136. The average Bonchev–Trinajstić information content (AvgIpc) is 2.94. The molecular weight excluding hydrogens is 330 g/mol. The molecule has 0 spiro atoms. The lowest BCUT2D eigenvalue weighted by atomic mass is 10.2. The maximum Gasteiger partial charge on any atom is 0.331 e. The molecule has 0 N–H and O–H groups in total. The van der Waals surface area contributed by atoms with E-state index in [0.717, 1.165) is 6.08 Å². The van der Waals surface area contributed by atoms with Gasteiger partial charge in [-0.25, -0.2) is 17.9 Å². The fourth-order valence-corrected chi connectivity index (χ4v) is 4.30. The first-order valence-corrected chi connectivity index (χ1v) is 8.71. The second kappa shape index (κ2) is 6.50. The molecule has 2 heterocycles. The first kappa shape index (κ1) is 16.5. The number of hydrogen-bond acceptors (Lipinski definition) is 6. The number of sulfone groups is 1. The van der Waals surface area contributed by atoms with Crippen LogP contribution in [-0.2, 0) is 19.4 Å². The van der Waals surface area contributed by atoms with E-state index in [2.05, 4.69) is 9.84 Å². The van der Waals surface area contributed by atoms with E-state index in [1.165, 1.54) is 10.8 Å². The van der Waals surface area contributed by atoms with Crippen molar-refractivity contribution in [1.29, 1.82) is 5.26 Å². The molecule has 0 unspecified atom stereocenters. The average molecular weight is 344 g/mol. The lowest BCUT2D eigenvalue weighted by Crippen LogP contribution is -2.12. The highest BCUT2D eigenvalue weighted by atomic mass is 35.5. The Kier molecular flexibility index (Phi) is 4.88. The molecule has 2 rings (SSSR count). The van der Waals surface area contributed by atoms with Gasteiger partial charge in [0.2, 0.25) is 0 Å². The van der Waals surface area contributed by atoms with E-state index in [1.807, 2.05) is 0 Å². The van der Waals surface area contributed by atoms with E-state index < -0.39 is 15.8 Å². The van der Waals surface area contributed by atoms with Gasteiger partial charge in [-0.3, -0.25) is 0 Å². The molecule has 1 aromatic heterocycles. The number of carbonyl (C=O) groups is 1. The van der Waals surface area contributed by atoms with Gasteiger partial charge in [-0.05, 0) is 19.4 Å². The first-order chi connectivity index (χ1) is 10.3. The highest BCUT2D eigenvalue weighted by molar-refractivity contribution is 7.91. The zero-order valence-corrected chi connectivity index (χ0v) is 13.4. The third-order valence-electron chi connectivity index (χ3n) is 3.29. The Morgan fingerprint density at radius 1 is 1.64 bits per heavy atom. The van der Waals surface area contributed by atoms with Crippen LogP contribution in [0.5, 0.6) is 0 Å². The number of nitriles is 1. The summed E-state index contributed by atoms with van der Waals surface area (Å²) in [6.07, 6.45) is 3.07. The van der Waals surface area contributed by atoms with E-state index in [1.54, 1.807) is 13.0 Å². The van der Waals surface area contributed by atoms with Crippen LogP contribution in [0.3, 0.4) is 0 Å². The summed E-state index contributed by atoms with van der Waals surface area (Å²) in [7, 11) is -3.04. The van der Waals surface area contributed by atoms with Gasteiger partial charge in [0, 0.05) is 11.6 Å². The van der Waals surface area contributed by atoms with E-state index in [9.17, 15) is 13.2 Å². The standard InChI is InChI=1S/C13H14ClN3O4S/c1-9-11(2-3-12(18)21-6-5-15)13(14)17(16-9)10-4-7-22(19,20)8-10/h2-3,10H,4,6-8H2,1H3/b3-2+/t10-/m1/s1. The van der Waals surface area contributed by atoms with E-state index in [4.69, 9.17) is 16.9 Å². The molecule has 1 fully saturated rings. The topological polar surface area (TPSA) is 102 Å². The molecule has 0 saturated carbocycles. The van der Waals surface area contributed by atoms with Crippen LogP contribution >= 0.6 is 11.6 Å². The minimum Gasteiger partial charge on any atom is -0.447 e. The molecule has 22 heavy (non-hydrogen) atoms. The van der Waals surface area contributed by atoms with Crippen molar-refractivity contribution >= 4 is 33.5 Å². The Hall–Kier alpha value is -1.85. The second-order valence-corrected chi connectivity index (χ2v) is 7.48. The summed E-state index contributed by atoms with van der Waals surface area (Å²) in [5.41, 5.74) is 1.11. The predicted octanol–water partition coefficient (Wildman–Crippen LogP) is 1.28. The number of halogens is 1. The van der Waals surface area contributed by atoms with Gasteiger partial charge >= 0.3 is 5.97 Å². The molecule has 1 aromatic rings. The lowest BCUT2D eigenvalue weighted by Gasteiger charge is -2.09. The number of aryl methyl sites for hydroxylation is 1. The van der Waals surface area contributed by atoms with Crippen LogP contribution in [0.2, 0.25) is 5.15 Å². The normalized spacial score (nSPS) is 20.1. The third kappa shape index (κ3) is 3.67. The Labute approximate surface area is 133 Å². The van der Waals surface area contributed by atoms with Gasteiger partial charge in [0.15, 0.2) is 16.4 Å². The first-order valence-electron chi connectivity index (χ1n) is 6.51. The predicted molar refractivity (Wildman–Crippen MR) is 79.9 cm³/mol. The maximum atomic E-state index is 11.5. The van der Waals surface area contributed by atoms with Crippen LogP contribution in [0, 0.1) is 18.3 Å². The van der Waals surface area contributed by atoms with Crippen molar-refractivity contribution in [3.8, 4) is 6.07 Å². The second-order valence-electron chi connectivity index (χ2n) is 4.89. The quantitative estimate of drug-likeness (QED) is 0.603. The SMILES string of the molecule is Cc1nn([C@@H]2CCS(=O)(=O)C2)c(Cl)c1/C=C/C(=O)OCC#N.